The zero-order chi connectivity index (χ0) is 14.8. The van der Waals surface area contributed by atoms with Crippen LogP contribution in [0.4, 0.5) is 11.4 Å². The van der Waals surface area contributed by atoms with Gasteiger partial charge < -0.3 is 10.1 Å². The number of benzene rings is 2. The molecule has 0 aliphatic carbocycles. The average Bonchev–Trinajstić information content (AvgIpc) is 2.90. The van der Waals surface area contributed by atoms with Crippen LogP contribution in [0, 0.1) is 10.1 Å². The Bertz CT molecular complexity index is 690. The van der Waals surface area contributed by atoms with Crippen molar-refractivity contribution in [3.05, 3.63) is 58.1 Å². The second kappa shape index (κ2) is 5.65. The molecule has 108 valence electrons. The number of thioether (sulfide) groups is 1. The van der Waals surface area contributed by atoms with Gasteiger partial charge in [0.25, 0.3) is 0 Å². The molecule has 1 atom stereocenters. The lowest BCUT2D eigenvalue weighted by Gasteiger charge is -2.15. The zero-order valence-corrected chi connectivity index (χ0v) is 12.2. The number of anilines is 1. The standard InChI is InChI=1S/C15H14N2O3S/c1-20-14-7-6-10(8-13(14)17(18)19)16-12-9-21-15-5-3-2-4-11(12)15/h2-8,12,16H,9H2,1H3. The smallest absolute Gasteiger partial charge is 0.312 e. The largest absolute Gasteiger partial charge is 0.490 e. The number of nitrogens with one attached hydrogen (secondary N) is 1. The number of fused-ring (bicyclic) bond motifs is 1. The summed E-state index contributed by atoms with van der Waals surface area (Å²) in [4.78, 5) is 11.9. The van der Waals surface area contributed by atoms with E-state index in [4.69, 9.17) is 4.74 Å². The maximum atomic E-state index is 11.1. The highest BCUT2D eigenvalue weighted by Crippen LogP contribution is 2.40. The van der Waals surface area contributed by atoms with Gasteiger partial charge in [-0.15, -0.1) is 11.8 Å². The summed E-state index contributed by atoms with van der Waals surface area (Å²) in [6.45, 7) is 0. The van der Waals surface area contributed by atoms with E-state index in [0.29, 0.717) is 0 Å². The number of hydrogen-bond acceptors (Lipinski definition) is 5. The van der Waals surface area contributed by atoms with Gasteiger partial charge in [-0.3, -0.25) is 10.1 Å². The molecule has 0 spiro atoms. The molecule has 1 aliphatic heterocycles. The molecule has 1 heterocycles. The minimum atomic E-state index is -0.429. The maximum absolute atomic E-state index is 11.1. The summed E-state index contributed by atoms with van der Waals surface area (Å²) >= 11 is 1.79. The molecule has 0 bridgehead atoms. The summed E-state index contributed by atoms with van der Waals surface area (Å²) in [5.41, 5.74) is 1.94. The van der Waals surface area contributed by atoms with Crippen molar-refractivity contribution in [2.75, 3.05) is 18.2 Å². The van der Waals surface area contributed by atoms with Crippen molar-refractivity contribution in [3.63, 3.8) is 0 Å². The summed E-state index contributed by atoms with van der Waals surface area (Å²) in [7, 11) is 1.43. The molecule has 0 aromatic heterocycles. The van der Waals surface area contributed by atoms with E-state index in [1.54, 1.807) is 23.9 Å². The Kier molecular flexibility index (Phi) is 3.70. The fraction of sp³-hybridized carbons (Fsp3) is 0.200. The Balaban J connectivity index is 1.86. The molecule has 5 nitrogen and oxygen atoms in total. The number of nitro groups is 1. The molecule has 2 aromatic carbocycles. The van der Waals surface area contributed by atoms with Crippen molar-refractivity contribution in [3.8, 4) is 5.75 Å². The predicted molar refractivity (Wildman–Crippen MR) is 83.2 cm³/mol. The van der Waals surface area contributed by atoms with Crippen LogP contribution in [-0.4, -0.2) is 17.8 Å². The Morgan fingerprint density at radius 3 is 2.90 bits per heavy atom. The first kappa shape index (κ1) is 13.8. The second-order valence-corrected chi connectivity index (χ2v) is 5.75. The number of nitrogens with zero attached hydrogens (tertiary/aromatic N) is 1. The molecule has 0 saturated heterocycles. The van der Waals surface area contributed by atoms with Crippen LogP contribution in [0.3, 0.4) is 0 Å². The van der Waals surface area contributed by atoms with Gasteiger partial charge in [0.1, 0.15) is 0 Å². The highest BCUT2D eigenvalue weighted by molar-refractivity contribution is 7.99. The van der Waals surface area contributed by atoms with Crippen molar-refractivity contribution in [1.82, 2.24) is 0 Å². The van der Waals surface area contributed by atoms with Crippen molar-refractivity contribution in [2.24, 2.45) is 0 Å². The summed E-state index contributed by atoms with van der Waals surface area (Å²) < 4.78 is 5.01. The second-order valence-electron chi connectivity index (χ2n) is 4.69. The van der Waals surface area contributed by atoms with Gasteiger partial charge in [-0.2, -0.15) is 0 Å². The van der Waals surface area contributed by atoms with Crippen LogP contribution in [0.2, 0.25) is 0 Å². The number of methoxy groups -OCH3 is 1. The lowest BCUT2D eigenvalue weighted by molar-refractivity contribution is -0.385. The highest BCUT2D eigenvalue weighted by atomic mass is 32.2. The minimum Gasteiger partial charge on any atom is -0.490 e. The topological polar surface area (TPSA) is 64.4 Å². The van der Waals surface area contributed by atoms with Gasteiger partial charge in [-0.1, -0.05) is 18.2 Å². The predicted octanol–water partition coefficient (Wildman–Crippen LogP) is 3.86. The van der Waals surface area contributed by atoms with Gasteiger partial charge in [-0.25, -0.2) is 0 Å². The third-order valence-electron chi connectivity index (χ3n) is 3.42. The van der Waals surface area contributed by atoms with E-state index in [2.05, 4.69) is 17.4 Å². The van der Waals surface area contributed by atoms with E-state index >= 15 is 0 Å². The first-order chi connectivity index (χ1) is 10.2. The first-order valence-electron chi connectivity index (χ1n) is 6.49. The first-order valence-corrected chi connectivity index (χ1v) is 7.48. The Morgan fingerprint density at radius 2 is 2.14 bits per heavy atom. The molecule has 6 heteroatoms. The van der Waals surface area contributed by atoms with E-state index < -0.39 is 4.92 Å². The number of hydrogen-bond donors (Lipinski definition) is 1. The SMILES string of the molecule is COc1ccc(NC2CSc3ccccc32)cc1[N+](=O)[O-]. The highest BCUT2D eigenvalue weighted by Gasteiger charge is 2.23. The summed E-state index contributed by atoms with van der Waals surface area (Å²) in [6, 6.07) is 13.3. The van der Waals surface area contributed by atoms with Crippen molar-refractivity contribution >= 4 is 23.1 Å². The summed E-state index contributed by atoms with van der Waals surface area (Å²) in [5, 5.41) is 14.4. The van der Waals surface area contributed by atoms with Crippen LogP contribution < -0.4 is 10.1 Å². The molecule has 1 aliphatic rings. The minimum absolute atomic E-state index is 0.0264. The fourth-order valence-electron chi connectivity index (χ4n) is 2.41. The molecule has 0 saturated carbocycles. The zero-order valence-electron chi connectivity index (χ0n) is 11.4. The van der Waals surface area contributed by atoms with E-state index in [-0.39, 0.29) is 17.5 Å². The average molecular weight is 302 g/mol. The van der Waals surface area contributed by atoms with E-state index in [1.807, 2.05) is 12.1 Å². The van der Waals surface area contributed by atoms with E-state index in [0.717, 1.165) is 11.4 Å². The Labute approximate surface area is 126 Å². The molecule has 1 unspecified atom stereocenters. The van der Waals surface area contributed by atoms with Crippen LogP contribution in [0.15, 0.2) is 47.4 Å². The summed E-state index contributed by atoms with van der Waals surface area (Å²) in [6.07, 6.45) is 0. The van der Waals surface area contributed by atoms with Gasteiger partial charge in [0, 0.05) is 22.4 Å². The fourth-order valence-corrected chi connectivity index (χ4v) is 3.57. The molecule has 21 heavy (non-hydrogen) atoms. The number of ether oxygens (including phenoxy) is 1. The van der Waals surface area contributed by atoms with Crippen LogP contribution >= 0.6 is 11.8 Å². The van der Waals surface area contributed by atoms with Crippen LogP contribution in [0.1, 0.15) is 11.6 Å². The Morgan fingerprint density at radius 1 is 1.33 bits per heavy atom. The maximum Gasteiger partial charge on any atom is 0.312 e. The van der Waals surface area contributed by atoms with Crippen molar-refractivity contribution < 1.29 is 9.66 Å². The lowest BCUT2D eigenvalue weighted by atomic mass is 10.1. The van der Waals surface area contributed by atoms with E-state index in [9.17, 15) is 10.1 Å². The monoisotopic (exact) mass is 302 g/mol. The van der Waals surface area contributed by atoms with Crippen LogP contribution in [-0.2, 0) is 0 Å². The molecular formula is C15H14N2O3S. The molecule has 0 radical (unpaired) electrons. The van der Waals surface area contributed by atoms with Crippen molar-refractivity contribution in [1.29, 1.82) is 0 Å². The molecule has 3 rings (SSSR count). The van der Waals surface area contributed by atoms with E-state index in [1.165, 1.54) is 23.6 Å². The number of rotatable bonds is 4. The third kappa shape index (κ3) is 2.67. The molecule has 2 aromatic rings. The van der Waals surface area contributed by atoms with Gasteiger partial charge in [0.2, 0.25) is 0 Å². The van der Waals surface area contributed by atoms with Crippen LogP contribution in [0.25, 0.3) is 0 Å². The molecular weight excluding hydrogens is 288 g/mol. The normalized spacial score (nSPS) is 16.3. The van der Waals surface area contributed by atoms with Crippen molar-refractivity contribution in [2.45, 2.75) is 10.9 Å². The number of nitro benzene ring substituents is 1. The molecule has 0 amide bonds. The van der Waals surface area contributed by atoms with Gasteiger partial charge in [0.15, 0.2) is 5.75 Å². The third-order valence-corrected chi connectivity index (χ3v) is 4.60. The van der Waals surface area contributed by atoms with Crippen LogP contribution in [0.5, 0.6) is 5.75 Å². The molecule has 1 N–H and O–H groups in total. The van der Waals surface area contributed by atoms with Gasteiger partial charge in [-0.05, 0) is 23.8 Å². The quantitative estimate of drug-likeness (QED) is 0.686. The summed E-state index contributed by atoms with van der Waals surface area (Å²) in [5.74, 6) is 1.19. The molecule has 0 fully saturated rings. The Hall–Kier alpha value is -2.21. The van der Waals surface area contributed by atoms with Gasteiger partial charge in [0.05, 0.1) is 18.1 Å². The van der Waals surface area contributed by atoms with Gasteiger partial charge >= 0.3 is 5.69 Å². The lowest BCUT2D eigenvalue weighted by Crippen LogP contribution is -2.10.